The standard InChI is InChI=1S/C11H11ClN2O2S/c12-8-3-4-11-13-9(7-14(11)6-8)10-2-1-5-17(10,15)16/h3-4,6-7,10H,1-2,5H2. The molecule has 1 fully saturated rings. The molecule has 0 aromatic carbocycles. The van der Waals surface area contributed by atoms with Gasteiger partial charge in [-0.1, -0.05) is 11.6 Å². The van der Waals surface area contributed by atoms with Crippen molar-refractivity contribution in [2.24, 2.45) is 0 Å². The van der Waals surface area contributed by atoms with Gasteiger partial charge in [0.15, 0.2) is 9.84 Å². The minimum Gasteiger partial charge on any atom is -0.305 e. The van der Waals surface area contributed by atoms with E-state index in [1.807, 2.05) is 0 Å². The van der Waals surface area contributed by atoms with Gasteiger partial charge in [-0.25, -0.2) is 13.4 Å². The fourth-order valence-electron chi connectivity index (χ4n) is 2.26. The molecule has 1 atom stereocenters. The molecule has 0 spiro atoms. The number of fused-ring (bicyclic) bond motifs is 1. The topological polar surface area (TPSA) is 51.4 Å². The molecule has 0 saturated carbocycles. The normalized spacial score (nSPS) is 23.2. The fourth-order valence-corrected chi connectivity index (χ4v) is 4.29. The lowest BCUT2D eigenvalue weighted by Gasteiger charge is -2.03. The van der Waals surface area contributed by atoms with Crippen LogP contribution in [0.4, 0.5) is 0 Å². The van der Waals surface area contributed by atoms with E-state index in [0.717, 1.165) is 12.1 Å². The summed E-state index contributed by atoms with van der Waals surface area (Å²) in [6.45, 7) is 0. The Bertz CT molecular complexity index is 678. The van der Waals surface area contributed by atoms with E-state index in [1.165, 1.54) is 0 Å². The molecule has 0 N–H and O–H groups in total. The molecule has 0 bridgehead atoms. The van der Waals surface area contributed by atoms with E-state index < -0.39 is 15.1 Å². The lowest BCUT2D eigenvalue weighted by atomic mass is 10.2. The molecule has 4 nitrogen and oxygen atoms in total. The van der Waals surface area contributed by atoms with Crippen molar-refractivity contribution in [3.05, 3.63) is 35.2 Å². The average molecular weight is 271 g/mol. The molecule has 2 aromatic heterocycles. The van der Waals surface area contributed by atoms with Crippen LogP contribution in [0.5, 0.6) is 0 Å². The number of sulfone groups is 1. The highest BCUT2D eigenvalue weighted by molar-refractivity contribution is 7.91. The maximum atomic E-state index is 11.8. The second kappa shape index (κ2) is 3.71. The molecule has 1 saturated heterocycles. The van der Waals surface area contributed by atoms with Crippen LogP contribution in [-0.4, -0.2) is 23.6 Å². The highest BCUT2D eigenvalue weighted by Gasteiger charge is 2.34. The predicted molar refractivity (Wildman–Crippen MR) is 66.0 cm³/mol. The molecule has 17 heavy (non-hydrogen) atoms. The second-order valence-electron chi connectivity index (χ2n) is 4.28. The van der Waals surface area contributed by atoms with Gasteiger partial charge in [0.2, 0.25) is 0 Å². The van der Waals surface area contributed by atoms with Gasteiger partial charge in [-0.2, -0.15) is 0 Å². The van der Waals surface area contributed by atoms with Crippen LogP contribution in [0, 0.1) is 0 Å². The molecule has 3 heterocycles. The number of hydrogen-bond acceptors (Lipinski definition) is 3. The van der Waals surface area contributed by atoms with Gasteiger partial charge >= 0.3 is 0 Å². The number of rotatable bonds is 1. The van der Waals surface area contributed by atoms with Gasteiger partial charge in [-0.05, 0) is 25.0 Å². The number of hydrogen-bond donors (Lipinski definition) is 0. The van der Waals surface area contributed by atoms with Crippen LogP contribution in [0.1, 0.15) is 23.8 Å². The summed E-state index contributed by atoms with van der Waals surface area (Å²) in [6, 6.07) is 3.53. The maximum absolute atomic E-state index is 11.8. The zero-order chi connectivity index (χ0) is 12.0. The summed E-state index contributed by atoms with van der Waals surface area (Å²) < 4.78 is 25.4. The minimum absolute atomic E-state index is 0.270. The molecule has 0 radical (unpaired) electrons. The largest absolute Gasteiger partial charge is 0.305 e. The molecule has 90 valence electrons. The van der Waals surface area contributed by atoms with Gasteiger partial charge in [-0.3, -0.25) is 0 Å². The Labute approximate surface area is 104 Å². The first-order valence-electron chi connectivity index (χ1n) is 5.42. The Morgan fingerprint density at radius 3 is 2.88 bits per heavy atom. The van der Waals surface area contributed by atoms with Crippen molar-refractivity contribution in [2.45, 2.75) is 18.1 Å². The third kappa shape index (κ3) is 1.83. The molecule has 0 amide bonds. The lowest BCUT2D eigenvalue weighted by Crippen LogP contribution is -2.08. The first kappa shape index (κ1) is 11.0. The van der Waals surface area contributed by atoms with Gasteiger partial charge in [0.1, 0.15) is 10.9 Å². The van der Waals surface area contributed by atoms with Crippen LogP contribution >= 0.6 is 11.6 Å². The van der Waals surface area contributed by atoms with Crippen LogP contribution in [0.15, 0.2) is 24.5 Å². The van der Waals surface area contributed by atoms with Gasteiger partial charge in [0.25, 0.3) is 0 Å². The van der Waals surface area contributed by atoms with Crippen molar-refractivity contribution in [3.63, 3.8) is 0 Å². The van der Waals surface area contributed by atoms with Gasteiger partial charge in [0.05, 0.1) is 16.5 Å². The first-order chi connectivity index (χ1) is 8.06. The van der Waals surface area contributed by atoms with Gasteiger partial charge in [0, 0.05) is 12.4 Å². The summed E-state index contributed by atoms with van der Waals surface area (Å²) >= 11 is 5.88. The van der Waals surface area contributed by atoms with E-state index in [9.17, 15) is 8.42 Å². The van der Waals surface area contributed by atoms with Crippen LogP contribution in [-0.2, 0) is 9.84 Å². The number of nitrogens with zero attached hydrogens (tertiary/aromatic N) is 2. The molecule has 1 aliphatic rings. The maximum Gasteiger partial charge on any atom is 0.158 e. The summed E-state index contributed by atoms with van der Waals surface area (Å²) in [6.07, 6.45) is 4.88. The Kier molecular flexibility index (Phi) is 2.41. The predicted octanol–water partition coefficient (Wildman–Crippen LogP) is 2.24. The number of aromatic nitrogens is 2. The van der Waals surface area contributed by atoms with Crippen molar-refractivity contribution in [1.29, 1.82) is 0 Å². The van der Waals surface area contributed by atoms with Crippen molar-refractivity contribution in [2.75, 3.05) is 5.75 Å². The van der Waals surface area contributed by atoms with Crippen LogP contribution in [0.3, 0.4) is 0 Å². The molecular weight excluding hydrogens is 260 g/mol. The Morgan fingerprint density at radius 2 is 2.18 bits per heavy atom. The summed E-state index contributed by atoms with van der Waals surface area (Å²) in [5.41, 5.74) is 1.36. The molecule has 3 rings (SSSR count). The minimum atomic E-state index is -3.01. The SMILES string of the molecule is O=S1(=O)CCCC1c1cn2cc(Cl)ccc2n1. The monoisotopic (exact) mass is 270 g/mol. The zero-order valence-electron chi connectivity index (χ0n) is 9.01. The summed E-state index contributed by atoms with van der Waals surface area (Å²) in [5, 5.41) is 0.164. The third-order valence-electron chi connectivity index (χ3n) is 3.09. The molecule has 1 unspecified atom stereocenters. The molecule has 6 heteroatoms. The van der Waals surface area contributed by atoms with Gasteiger partial charge < -0.3 is 4.40 Å². The third-order valence-corrected chi connectivity index (χ3v) is 5.52. The smallest absolute Gasteiger partial charge is 0.158 e. The average Bonchev–Trinajstić information content (AvgIpc) is 2.79. The zero-order valence-corrected chi connectivity index (χ0v) is 10.6. The Balaban J connectivity index is 2.12. The highest BCUT2D eigenvalue weighted by Crippen LogP contribution is 2.34. The summed E-state index contributed by atoms with van der Waals surface area (Å²) in [4.78, 5) is 4.36. The van der Waals surface area contributed by atoms with Crippen molar-refractivity contribution >= 4 is 27.1 Å². The Hall–Kier alpha value is -1.07. The van der Waals surface area contributed by atoms with E-state index in [0.29, 0.717) is 17.1 Å². The van der Waals surface area contributed by atoms with E-state index in [1.54, 1.807) is 28.9 Å². The molecule has 1 aliphatic heterocycles. The van der Waals surface area contributed by atoms with E-state index >= 15 is 0 Å². The quantitative estimate of drug-likeness (QED) is 0.799. The van der Waals surface area contributed by atoms with Gasteiger partial charge in [-0.15, -0.1) is 0 Å². The van der Waals surface area contributed by atoms with Crippen molar-refractivity contribution in [3.8, 4) is 0 Å². The number of halogens is 1. The number of pyridine rings is 1. The fraction of sp³-hybridized carbons (Fsp3) is 0.364. The first-order valence-corrected chi connectivity index (χ1v) is 7.51. The summed E-state index contributed by atoms with van der Waals surface area (Å²) in [7, 11) is -3.01. The van der Waals surface area contributed by atoms with E-state index in [4.69, 9.17) is 11.6 Å². The van der Waals surface area contributed by atoms with Crippen molar-refractivity contribution < 1.29 is 8.42 Å². The van der Waals surface area contributed by atoms with Crippen molar-refractivity contribution in [1.82, 2.24) is 9.38 Å². The number of imidazole rings is 1. The molecule has 2 aromatic rings. The molecular formula is C11H11ClN2O2S. The van der Waals surface area contributed by atoms with Crippen LogP contribution in [0.2, 0.25) is 5.02 Å². The van der Waals surface area contributed by atoms with Crippen LogP contribution in [0.25, 0.3) is 5.65 Å². The van der Waals surface area contributed by atoms with Crippen LogP contribution < -0.4 is 0 Å². The van der Waals surface area contributed by atoms with E-state index in [-0.39, 0.29) is 5.75 Å². The summed E-state index contributed by atoms with van der Waals surface area (Å²) in [5.74, 6) is 0.270. The highest BCUT2D eigenvalue weighted by atomic mass is 35.5. The molecule has 0 aliphatic carbocycles. The van der Waals surface area contributed by atoms with E-state index in [2.05, 4.69) is 4.98 Å². The lowest BCUT2D eigenvalue weighted by molar-refractivity contribution is 0.591. The second-order valence-corrected chi connectivity index (χ2v) is 7.02. The Morgan fingerprint density at radius 1 is 1.35 bits per heavy atom.